The van der Waals surface area contributed by atoms with E-state index in [0.717, 1.165) is 47.2 Å². The van der Waals surface area contributed by atoms with Gasteiger partial charge in [0, 0.05) is 30.1 Å². The van der Waals surface area contributed by atoms with E-state index in [1.807, 2.05) is 13.8 Å². The van der Waals surface area contributed by atoms with Gasteiger partial charge < -0.3 is 9.88 Å². The molecule has 0 fully saturated rings. The Morgan fingerprint density at radius 3 is 2.55 bits per heavy atom. The first-order valence-electron chi connectivity index (χ1n) is 11.5. The molecular weight excluding hydrogens is 430 g/mol. The van der Waals surface area contributed by atoms with Crippen molar-refractivity contribution >= 4 is 39.7 Å². The Kier molecular flexibility index (Phi) is 7.28. The van der Waals surface area contributed by atoms with E-state index in [2.05, 4.69) is 76.4 Å². The molecule has 4 rings (SSSR count). The molecule has 4 aromatic rings. The van der Waals surface area contributed by atoms with E-state index in [-0.39, 0.29) is 11.9 Å². The molecule has 172 valence electrons. The molecule has 0 radical (unpaired) electrons. The van der Waals surface area contributed by atoms with E-state index in [1.54, 1.807) is 11.8 Å². The van der Waals surface area contributed by atoms with Crippen molar-refractivity contribution < 1.29 is 4.79 Å². The van der Waals surface area contributed by atoms with E-state index in [0.29, 0.717) is 11.6 Å². The maximum Gasteiger partial charge on any atom is 0.220 e. The second-order valence-corrected chi connectivity index (χ2v) is 9.95. The summed E-state index contributed by atoms with van der Waals surface area (Å²) in [5.74, 6) is 0.977. The van der Waals surface area contributed by atoms with Gasteiger partial charge in [-0.2, -0.15) is 0 Å². The van der Waals surface area contributed by atoms with Crippen LogP contribution in [0, 0.1) is 13.8 Å². The molecule has 6 nitrogen and oxygen atoms in total. The molecule has 2 heterocycles. The molecule has 2 aromatic carbocycles. The number of nitrogens with zero attached hydrogens (tertiary/aromatic N) is 4. The third-order valence-electron chi connectivity index (χ3n) is 5.54. The van der Waals surface area contributed by atoms with Gasteiger partial charge in [-0.1, -0.05) is 53.2 Å². The third-order valence-corrected chi connectivity index (χ3v) is 6.47. The first-order valence-corrected chi connectivity index (χ1v) is 12.5. The Hall–Kier alpha value is -2.93. The van der Waals surface area contributed by atoms with Crippen molar-refractivity contribution in [2.24, 2.45) is 0 Å². The van der Waals surface area contributed by atoms with Gasteiger partial charge in [0.25, 0.3) is 0 Å². The van der Waals surface area contributed by atoms with Crippen LogP contribution in [0.25, 0.3) is 22.1 Å². The lowest BCUT2D eigenvalue weighted by Gasteiger charge is -2.08. The fraction of sp³-hybridized carbons (Fsp3) is 0.385. The van der Waals surface area contributed by atoms with E-state index in [4.69, 9.17) is 4.98 Å². The molecule has 0 saturated heterocycles. The monoisotopic (exact) mass is 461 g/mol. The fourth-order valence-electron chi connectivity index (χ4n) is 3.90. The molecule has 0 spiro atoms. The van der Waals surface area contributed by atoms with Gasteiger partial charge in [-0.05, 0) is 58.2 Å². The zero-order valence-corrected chi connectivity index (χ0v) is 20.6. The molecular formula is C26H31N5OS. The maximum absolute atomic E-state index is 11.8. The highest BCUT2D eigenvalue weighted by Crippen LogP contribution is 2.29. The smallest absolute Gasteiger partial charge is 0.220 e. The highest BCUT2D eigenvalue weighted by Gasteiger charge is 2.16. The van der Waals surface area contributed by atoms with Gasteiger partial charge in [-0.15, -0.1) is 10.2 Å². The standard InChI is InChI=1S/C26H31N5OS/c1-17(2)27-23(32)7-5-6-14-33-26-28-25-24(29-30-26)21-15-19(4)10-13-22(21)31(25)16-20-11-8-18(3)9-12-20/h8-13,15,17H,5-7,14,16H2,1-4H3,(H,27,32). The Morgan fingerprint density at radius 2 is 1.79 bits per heavy atom. The second-order valence-electron chi connectivity index (χ2n) is 8.89. The molecule has 33 heavy (non-hydrogen) atoms. The zero-order chi connectivity index (χ0) is 23.4. The SMILES string of the molecule is Cc1ccc(Cn2c3ccc(C)cc3c3nnc(SCCCCC(=O)NC(C)C)nc32)cc1. The Bertz CT molecular complexity index is 1260. The topological polar surface area (TPSA) is 72.7 Å². The Labute approximate surface area is 199 Å². The van der Waals surface area contributed by atoms with Crippen LogP contribution in [0.5, 0.6) is 0 Å². The van der Waals surface area contributed by atoms with Crippen LogP contribution in [0.1, 0.15) is 49.8 Å². The summed E-state index contributed by atoms with van der Waals surface area (Å²) in [4.78, 5) is 16.7. The minimum absolute atomic E-state index is 0.116. The molecule has 0 aliphatic carbocycles. The highest BCUT2D eigenvalue weighted by molar-refractivity contribution is 7.99. The molecule has 0 aliphatic rings. The molecule has 0 saturated carbocycles. The highest BCUT2D eigenvalue weighted by atomic mass is 32.2. The molecule has 0 aliphatic heterocycles. The first kappa shape index (κ1) is 23.2. The summed E-state index contributed by atoms with van der Waals surface area (Å²) in [6, 6.07) is 15.2. The number of aryl methyl sites for hydroxylation is 2. The predicted molar refractivity (Wildman–Crippen MR) is 136 cm³/mol. The Morgan fingerprint density at radius 1 is 1.03 bits per heavy atom. The quantitative estimate of drug-likeness (QED) is 0.266. The maximum atomic E-state index is 11.8. The number of aromatic nitrogens is 4. The number of hydrogen-bond donors (Lipinski definition) is 1. The van der Waals surface area contributed by atoms with Crippen molar-refractivity contribution in [3.8, 4) is 0 Å². The predicted octanol–water partition coefficient (Wildman–Crippen LogP) is 5.43. The molecule has 0 unspecified atom stereocenters. The minimum atomic E-state index is 0.116. The van der Waals surface area contributed by atoms with Crippen LogP contribution < -0.4 is 5.32 Å². The van der Waals surface area contributed by atoms with Gasteiger partial charge >= 0.3 is 0 Å². The summed E-state index contributed by atoms with van der Waals surface area (Å²) in [5.41, 5.74) is 6.50. The molecule has 7 heteroatoms. The van der Waals surface area contributed by atoms with Gasteiger partial charge in [-0.3, -0.25) is 4.79 Å². The molecule has 0 bridgehead atoms. The number of unbranched alkanes of at least 4 members (excludes halogenated alkanes) is 1. The van der Waals surface area contributed by atoms with Gasteiger partial charge in [-0.25, -0.2) is 4.98 Å². The summed E-state index contributed by atoms with van der Waals surface area (Å²) in [6.07, 6.45) is 2.35. The summed E-state index contributed by atoms with van der Waals surface area (Å²) >= 11 is 1.60. The Balaban J connectivity index is 1.53. The molecule has 2 aromatic heterocycles. The van der Waals surface area contributed by atoms with Crippen LogP contribution in [0.3, 0.4) is 0 Å². The fourth-order valence-corrected chi connectivity index (χ4v) is 4.68. The van der Waals surface area contributed by atoms with E-state index in [9.17, 15) is 4.79 Å². The minimum Gasteiger partial charge on any atom is -0.354 e. The van der Waals surface area contributed by atoms with Gasteiger partial charge in [0.15, 0.2) is 5.65 Å². The largest absolute Gasteiger partial charge is 0.354 e. The zero-order valence-electron chi connectivity index (χ0n) is 19.8. The summed E-state index contributed by atoms with van der Waals surface area (Å²) in [6.45, 7) is 8.89. The lowest BCUT2D eigenvalue weighted by Crippen LogP contribution is -2.29. The van der Waals surface area contributed by atoms with Gasteiger partial charge in [0.1, 0.15) is 5.52 Å². The summed E-state index contributed by atoms with van der Waals surface area (Å²) < 4.78 is 2.24. The lowest BCUT2D eigenvalue weighted by atomic mass is 10.1. The molecule has 1 amide bonds. The number of thioether (sulfide) groups is 1. The van der Waals surface area contributed by atoms with Crippen molar-refractivity contribution in [2.75, 3.05) is 5.75 Å². The van der Waals surface area contributed by atoms with Crippen molar-refractivity contribution in [3.63, 3.8) is 0 Å². The van der Waals surface area contributed by atoms with Crippen molar-refractivity contribution in [3.05, 3.63) is 59.2 Å². The number of fused-ring (bicyclic) bond motifs is 3. The number of nitrogens with one attached hydrogen (secondary N) is 1. The van der Waals surface area contributed by atoms with Crippen LogP contribution in [-0.2, 0) is 11.3 Å². The van der Waals surface area contributed by atoms with E-state index < -0.39 is 0 Å². The number of carbonyl (C=O) groups excluding carboxylic acids is 1. The number of amides is 1. The van der Waals surface area contributed by atoms with E-state index in [1.165, 1.54) is 16.7 Å². The first-order chi connectivity index (χ1) is 15.9. The summed E-state index contributed by atoms with van der Waals surface area (Å²) in [7, 11) is 0. The van der Waals surface area contributed by atoms with Crippen LogP contribution in [0.15, 0.2) is 47.6 Å². The average molecular weight is 462 g/mol. The molecule has 0 atom stereocenters. The number of benzene rings is 2. The van der Waals surface area contributed by atoms with Crippen LogP contribution >= 0.6 is 11.8 Å². The molecule has 1 N–H and O–H groups in total. The van der Waals surface area contributed by atoms with Crippen molar-refractivity contribution in [2.45, 2.75) is 64.7 Å². The van der Waals surface area contributed by atoms with Crippen LogP contribution in [-0.4, -0.2) is 37.5 Å². The lowest BCUT2D eigenvalue weighted by molar-refractivity contribution is -0.121. The third kappa shape index (κ3) is 5.71. The van der Waals surface area contributed by atoms with Crippen molar-refractivity contribution in [1.82, 2.24) is 25.1 Å². The normalized spacial score (nSPS) is 11.5. The van der Waals surface area contributed by atoms with Crippen molar-refractivity contribution in [1.29, 1.82) is 0 Å². The number of hydrogen-bond acceptors (Lipinski definition) is 5. The van der Waals surface area contributed by atoms with Crippen LogP contribution in [0.4, 0.5) is 0 Å². The van der Waals surface area contributed by atoms with Gasteiger partial charge in [0.2, 0.25) is 11.1 Å². The van der Waals surface area contributed by atoms with Crippen LogP contribution in [0.2, 0.25) is 0 Å². The summed E-state index contributed by atoms with van der Waals surface area (Å²) in [5, 5.41) is 13.7. The second kappa shape index (κ2) is 10.3. The number of carbonyl (C=O) groups is 1. The average Bonchev–Trinajstić information content (AvgIpc) is 3.06. The van der Waals surface area contributed by atoms with Gasteiger partial charge in [0.05, 0.1) is 5.52 Å². The number of rotatable bonds is 9. The van der Waals surface area contributed by atoms with E-state index >= 15 is 0 Å².